The van der Waals surface area contributed by atoms with Gasteiger partial charge in [0.15, 0.2) is 0 Å². The van der Waals surface area contributed by atoms with E-state index in [0.29, 0.717) is 23.9 Å². The SMILES string of the molecule is C/C=C/C[C@@H](C)[C@@H](OC(=O)CN(C)C(=O)[C@H](CCCC[N+](C)(C)C)NC(=O)OC(C)OC(C)=O)[C@H]1C(=O)N[C@@H](CC)C(=O)N(C)CC(=O)N(C)[C@@H](CC(C)C)C(=O)N[C@@H](C(C)C)C(=O)N(C)[C@@H](CC(C)C)C(=O)N[C@@H](C)C(=O)N[C@H](C)C(=O)N(C)[C@@H](CC(C)C)C(=O)N(C)[C@@H](CC(C)C)C(=O)N(C)[C@@H](C(C)C)C(=O)N1C. The molecular formula is C79H141N14O18+. The smallest absolute Gasteiger partial charge is 0.410 e. The summed E-state index contributed by atoms with van der Waals surface area (Å²) in [5.74, 6) is -13.9. The van der Waals surface area contributed by atoms with Crippen LogP contribution in [0.25, 0.3) is 0 Å². The van der Waals surface area contributed by atoms with Crippen LogP contribution >= 0.6 is 0 Å². The molecule has 0 radical (unpaired) electrons. The molecule has 0 aromatic carbocycles. The van der Waals surface area contributed by atoms with Crippen LogP contribution in [0.2, 0.25) is 0 Å². The van der Waals surface area contributed by atoms with Crippen molar-refractivity contribution in [3.05, 3.63) is 12.2 Å². The lowest BCUT2D eigenvalue weighted by molar-refractivity contribution is -0.870. The van der Waals surface area contributed by atoms with E-state index in [4.69, 9.17) is 14.2 Å². The molecule has 32 heteroatoms. The third kappa shape index (κ3) is 31.9. The van der Waals surface area contributed by atoms with Gasteiger partial charge in [0, 0.05) is 70.2 Å². The number of unbranched alkanes of at least 4 members (excludes halogenated alkanes) is 1. The summed E-state index contributed by atoms with van der Waals surface area (Å²) in [6, 6.07) is -14.8. The highest BCUT2D eigenvalue weighted by molar-refractivity contribution is 6.00. The van der Waals surface area contributed by atoms with Crippen molar-refractivity contribution in [3.8, 4) is 0 Å². The highest BCUT2D eigenvalue weighted by Gasteiger charge is 2.48. The number of nitrogens with one attached hydrogen (secondary N) is 5. The lowest BCUT2D eigenvalue weighted by Crippen LogP contribution is -2.64. The first-order valence-corrected chi connectivity index (χ1v) is 39.3. The number of rotatable bonds is 27. The van der Waals surface area contributed by atoms with Gasteiger partial charge in [0.25, 0.3) is 0 Å². The van der Waals surface area contributed by atoms with Gasteiger partial charge in [-0.3, -0.25) is 67.1 Å². The summed E-state index contributed by atoms with van der Waals surface area (Å²) in [5.41, 5.74) is 0. The summed E-state index contributed by atoms with van der Waals surface area (Å²) in [5, 5.41) is 13.6. The molecule has 111 heavy (non-hydrogen) atoms. The number of quaternary nitrogens is 1. The molecule has 0 aromatic rings. The molecule has 1 heterocycles. The number of allylic oxidation sites excluding steroid dienone is 2. The second kappa shape index (κ2) is 46.5. The third-order valence-corrected chi connectivity index (χ3v) is 19.8. The van der Waals surface area contributed by atoms with Crippen LogP contribution in [-0.4, -0.2) is 309 Å². The van der Waals surface area contributed by atoms with Gasteiger partial charge in [-0.05, 0) is 120 Å². The van der Waals surface area contributed by atoms with Crippen molar-refractivity contribution < 1.29 is 90.6 Å². The Hall–Kier alpha value is -8.45. The fourth-order valence-electron chi connectivity index (χ4n) is 13.3. The first kappa shape index (κ1) is 101. The van der Waals surface area contributed by atoms with Crippen LogP contribution < -0.4 is 26.6 Å². The van der Waals surface area contributed by atoms with Crippen LogP contribution in [0.1, 0.15) is 189 Å². The molecule has 14 atom stereocenters. The summed E-state index contributed by atoms with van der Waals surface area (Å²) in [6.45, 7) is 31.0. The Morgan fingerprint density at radius 2 is 1.01 bits per heavy atom. The lowest BCUT2D eigenvalue weighted by atomic mass is 9.91. The van der Waals surface area contributed by atoms with Gasteiger partial charge in [0.2, 0.25) is 77.2 Å². The predicted octanol–water partition coefficient (Wildman–Crippen LogP) is 4.16. The van der Waals surface area contributed by atoms with E-state index >= 15 is 19.2 Å². The van der Waals surface area contributed by atoms with Crippen molar-refractivity contribution in [1.29, 1.82) is 0 Å². The Balaban J connectivity index is 4.63. The summed E-state index contributed by atoms with van der Waals surface area (Å²) in [4.78, 5) is 228. The Labute approximate surface area is 661 Å². The number of esters is 2. The molecule has 13 amide bonds. The van der Waals surface area contributed by atoms with Gasteiger partial charge in [0.05, 0.1) is 34.2 Å². The van der Waals surface area contributed by atoms with Crippen molar-refractivity contribution in [2.75, 3.05) is 97.2 Å². The molecule has 1 rings (SSSR count). The molecule has 1 fully saturated rings. The Bertz CT molecular complexity index is 3190. The molecule has 1 saturated heterocycles. The molecule has 634 valence electrons. The maximum Gasteiger partial charge on any atom is 0.410 e. The number of amides is 13. The maximum atomic E-state index is 16.0. The quantitative estimate of drug-likeness (QED) is 0.0253. The molecule has 1 unspecified atom stereocenters. The number of carbonyl (C=O) groups is 15. The van der Waals surface area contributed by atoms with Gasteiger partial charge in [-0.2, -0.15) is 0 Å². The van der Waals surface area contributed by atoms with Gasteiger partial charge in [-0.15, -0.1) is 0 Å². The number of hydrogen-bond acceptors (Lipinski definition) is 18. The summed E-state index contributed by atoms with van der Waals surface area (Å²) >= 11 is 0. The highest BCUT2D eigenvalue weighted by Crippen LogP contribution is 2.28. The van der Waals surface area contributed by atoms with Gasteiger partial charge < -0.3 is 84.5 Å². The average Bonchev–Trinajstić information content (AvgIpc) is 0.792. The van der Waals surface area contributed by atoms with E-state index in [1.807, 2.05) is 76.5 Å². The van der Waals surface area contributed by atoms with E-state index in [9.17, 15) is 52.7 Å². The zero-order valence-electron chi connectivity index (χ0n) is 72.6. The van der Waals surface area contributed by atoms with Crippen LogP contribution in [0.4, 0.5) is 4.79 Å². The van der Waals surface area contributed by atoms with Gasteiger partial charge in [-0.25, -0.2) is 4.79 Å². The monoisotopic (exact) mass is 1570 g/mol. The molecular weight excluding hydrogens is 1430 g/mol. The fourth-order valence-corrected chi connectivity index (χ4v) is 13.3. The maximum absolute atomic E-state index is 16.0. The van der Waals surface area contributed by atoms with Crippen LogP contribution in [0.3, 0.4) is 0 Å². The minimum Gasteiger partial charge on any atom is -0.458 e. The van der Waals surface area contributed by atoms with Crippen LogP contribution in [0.15, 0.2) is 12.2 Å². The number of hydrogen-bond donors (Lipinski definition) is 5. The van der Waals surface area contributed by atoms with Crippen LogP contribution in [0, 0.1) is 41.4 Å². The minimum absolute atomic E-state index is 0.0498. The summed E-state index contributed by atoms with van der Waals surface area (Å²) < 4.78 is 17.2. The molecule has 0 bridgehead atoms. The third-order valence-electron chi connectivity index (χ3n) is 19.8. The molecule has 1 aliphatic rings. The minimum atomic E-state index is -1.86. The van der Waals surface area contributed by atoms with Crippen molar-refractivity contribution >= 4 is 88.9 Å². The van der Waals surface area contributed by atoms with Gasteiger partial charge >= 0.3 is 18.0 Å². The van der Waals surface area contributed by atoms with E-state index in [1.165, 1.54) is 102 Å². The van der Waals surface area contributed by atoms with E-state index in [-0.39, 0.29) is 68.6 Å². The molecule has 5 N–H and O–H groups in total. The van der Waals surface area contributed by atoms with E-state index < -0.39 is 199 Å². The van der Waals surface area contributed by atoms with E-state index in [1.54, 1.807) is 60.6 Å². The molecule has 1 aliphatic heterocycles. The summed E-state index contributed by atoms with van der Waals surface area (Å²) in [6.07, 6.45) is 0.914. The Kier molecular flexibility index (Phi) is 42.2. The Morgan fingerprint density at radius 3 is 1.49 bits per heavy atom. The number of ether oxygens (including phenoxy) is 3. The lowest BCUT2D eigenvalue weighted by Gasteiger charge is -2.42. The molecule has 0 aromatic heterocycles. The van der Waals surface area contributed by atoms with E-state index in [0.717, 1.165) is 21.6 Å². The van der Waals surface area contributed by atoms with Crippen molar-refractivity contribution in [1.82, 2.24) is 65.8 Å². The molecule has 32 nitrogen and oxygen atoms in total. The first-order chi connectivity index (χ1) is 51.2. The normalized spacial score (nSPS) is 23.9. The van der Waals surface area contributed by atoms with Crippen molar-refractivity contribution in [3.63, 3.8) is 0 Å². The van der Waals surface area contributed by atoms with Gasteiger partial charge in [0.1, 0.15) is 79.1 Å². The zero-order valence-corrected chi connectivity index (χ0v) is 72.6. The van der Waals surface area contributed by atoms with Crippen molar-refractivity contribution in [2.45, 2.75) is 268 Å². The number of carbonyl (C=O) groups excluding carboxylic acids is 15. The molecule has 0 saturated carbocycles. The molecule has 0 aliphatic carbocycles. The average molecular weight is 1580 g/mol. The summed E-state index contributed by atoms with van der Waals surface area (Å²) in [7, 11) is 16.9. The van der Waals surface area contributed by atoms with E-state index in [2.05, 4.69) is 26.6 Å². The first-order valence-electron chi connectivity index (χ1n) is 39.3. The number of alkyl carbamates (subject to hydrolysis) is 1. The van der Waals surface area contributed by atoms with Crippen molar-refractivity contribution in [2.24, 2.45) is 41.4 Å². The second-order valence-corrected chi connectivity index (χ2v) is 33.5. The fraction of sp³-hybridized carbons (Fsp3) is 0.785. The van der Waals surface area contributed by atoms with Gasteiger partial charge in [-0.1, -0.05) is 109 Å². The Morgan fingerprint density at radius 1 is 0.541 bits per heavy atom. The van der Waals surface area contributed by atoms with Crippen LogP contribution in [0.5, 0.6) is 0 Å². The van der Waals surface area contributed by atoms with Crippen LogP contribution in [-0.2, 0) is 81.3 Å². The highest BCUT2D eigenvalue weighted by atomic mass is 16.7. The topological polar surface area (TPSA) is 370 Å². The second-order valence-electron chi connectivity index (χ2n) is 33.5. The largest absolute Gasteiger partial charge is 0.458 e. The number of likely N-dealkylation sites (N-methyl/N-ethyl adjacent to an activating group) is 8. The molecule has 0 spiro atoms. The number of nitrogens with zero attached hydrogens (tertiary/aromatic N) is 9. The zero-order chi connectivity index (χ0) is 85.9. The predicted molar refractivity (Wildman–Crippen MR) is 421 cm³/mol. The standard InChI is InChI=1S/C79H140N14O18/c1-31-33-36-51(15)67(111-63(96)44-86(21)74(103)57(37-34-35-38-93(28,29)30)83-79(108)110-55(19)109-54(18)94)66-71(100)82-56(32-2)73(102)85(20)43-62(95)87(22)58(39-45(3)4)70(99)84-64(49(11)12)77(106)88(23)59(40-46(5)6)69(98)80-52(16)68(97)81-53(17)72(101)89(24)60(41-47(7)8)75(104)90(25)61(42-48(9)10)76(105)91(26)65(50(13)14)78(107)92(66)27/h31,33,45-53,55-61,64-67H,32,34-44H2,1-30H3,(H4-,80,81,82,83,84,97,98,99,100,108)/p+1/b33-31+/t51-,52+,53-,55?,56+,57+,58+,59+,60+,61+,64+,65+,66+,67-/m1/s1.